The predicted octanol–water partition coefficient (Wildman–Crippen LogP) is 4.49. The Bertz CT molecular complexity index is 1270. The van der Waals surface area contributed by atoms with Crippen molar-refractivity contribution >= 4 is 33.8 Å². The van der Waals surface area contributed by atoms with E-state index in [1.807, 2.05) is 0 Å². The molecule has 0 saturated heterocycles. The highest BCUT2D eigenvalue weighted by atomic mass is 32.2. The molecule has 7 nitrogen and oxygen atoms in total. The Labute approximate surface area is 213 Å². The van der Waals surface area contributed by atoms with Gasteiger partial charge in [0.05, 0.1) is 11.8 Å². The third-order valence-electron chi connectivity index (χ3n) is 5.05. The van der Waals surface area contributed by atoms with Crippen molar-refractivity contribution in [1.82, 2.24) is 0 Å². The first-order valence-corrected chi connectivity index (χ1v) is 13.8. The van der Waals surface area contributed by atoms with Crippen LogP contribution in [0.1, 0.15) is 27.0 Å². The lowest BCUT2D eigenvalue weighted by molar-refractivity contribution is -0.136. The minimum Gasteiger partial charge on any atom is -0.480 e. The minimum atomic E-state index is -3.62. The lowest BCUT2D eigenvalue weighted by Crippen LogP contribution is -2.20. The van der Waals surface area contributed by atoms with Crippen molar-refractivity contribution in [2.75, 3.05) is 12.0 Å². The van der Waals surface area contributed by atoms with E-state index < -0.39 is 27.3 Å². The van der Waals surface area contributed by atoms with Crippen LogP contribution in [-0.4, -0.2) is 42.7 Å². The van der Waals surface area contributed by atoms with Gasteiger partial charge in [0, 0.05) is 0 Å². The Kier molecular flexibility index (Phi) is 9.49. The molecule has 3 rings (SSSR count). The first kappa shape index (κ1) is 27.2. The summed E-state index contributed by atoms with van der Waals surface area (Å²) in [4.78, 5) is 24.1. The van der Waals surface area contributed by atoms with E-state index in [4.69, 9.17) is 8.92 Å². The topological polar surface area (TPSA) is 107 Å². The fourth-order valence-corrected chi connectivity index (χ4v) is 4.78. The molecule has 10 heteroatoms. The Morgan fingerprint density at radius 2 is 1.50 bits per heavy atom. The van der Waals surface area contributed by atoms with Gasteiger partial charge >= 0.3 is 22.1 Å². The number of carboxylic acids is 1. The Morgan fingerprint density at radius 3 is 2.08 bits per heavy atom. The summed E-state index contributed by atoms with van der Waals surface area (Å²) in [5.41, 5.74) is 2.69. The van der Waals surface area contributed by atoms with Crippen LogP contribution in [0.15, 0.2) is 72.8 Å². The van der Waals surface area contributed by atoms with Gasteiger partial charge in [0.1, 0.15) is 23.4 Å². The molecule has 3 aromatic carbocycles. The number of carbonyl (C=O) groups excluding carboxylic acids is 1. The van der Waals surface area contributed by atoms with Gasteiger partial charge in [0.15, 0.2) is 0 Å². The number of halogens is 1. The molecule has 1 N–H and O–H groups in total. The summed E-state index contributed by atoms with van der Waals surface area (Å²) in [6.45, 7) is -0.00841. The number of benzene rings is 3. The Balaban J connectivity index is 1.49. The average molecular weight is 533 g/mol. The molecule has 1 unspecified atom stereocenters. The molecule has 0 saturated carbocycles. The maximum Gasteiger partial charge on any atom is 0.338 e. The van der Waals surface area contributed by atoms with Crippen LogP contribution in [0.5, 0.6) is 5.75 Å². The van der Waals surface area contributed by atoms with E-state index >= 15 is 0 Å². The van der Waals surface area contributed by atoms with E-state index in [2.05, 4.69) is 0 Å². The number of rotatable bonds is 12. The normalized spacial score (nSPS) is 12.1. The minimum absolute atomic E-state index is 0.00841. The van der Waals surface area contributed by atoms with Gasteiger partial charge in [0.25, 0.3) is 0 Å². The highest BCUT2D eigenvalue weighted by Crippen LogP contribution is 2.20. The van der Waals surface area contributed by atoms with Gasteiger partial charge in [-0.15, -0.1) is 11.8 Å². The van der Waals surface area contributed by atoms with Crippen molar-refractivity contribution in [3.63, 3.8) is 0 Å². The summed E-state index contributed by atoms with van der Waals surface area (Å²) in [5.74, 6) is -1.03. The molecule has 0 spiro atoms. The average Bonchev–Trinajstić information content (AvgIpc) is 2.83. The van der Waals surface area contributed by atoms with Gasteiger partial charge < -0.3 is 14.0 Å². The third-order valence-corrected chi connectivity index (χ3v) is 6.76. The van der Waals surface area contributed by atoms with Crippen molar-refractivity contribution < 1.29 is 36.4 Å². The molecule has 1 atom stereocenters. The zero-order chi connectivity index (χ0) is 26.1. The van der Waals surface area contributed by atoms with E-state index in [9.17, 15) is 27.5 Å². The summed E-state index contributed by atoms with van der Waals surface area (Å²) in [5, 5.41) is 8.92. The summed E-state index contributed by atoms with van der Waals surface area (Å²) in [7, 11) is -3.62. The molecule has 0 bridgehead atoms. The first-order chi connectivity index (χ1) is 17.1. The molecule has 0 aliphatic carbocycles. The van der Waals surface area contributed by atoms with Crippen LogP contribution >= 0.6 is 11.8 Å². The van der Waals surface area contributed by atoms with Crippen LogP contribution in [0.3, 0.4) is 0 Å². The molecule has 36 heavy (non-hydrogen) atoms. The summed E-state index contributed by atoms with van der Waals surface area (Å²) in [6, 6.07) is 18.8. The Hall–Kier alpha value is -3.37. The second kappa shape index (κ2) is 12.5. The van der Waals surface area contributed by atoms with E-state index in [0.29, 0.717) is 29.7 Å². The zero-order valence-electron chi connectivity index (χ0n) is 19.4. The van der Waals surface area contributed by atoms with E-state index in [1.54, 1.807) is 48.5 Å². The van der Waals surface area contributed by atoms with Gasteiger partial charge in [-0.3, -0.25) is 4.79 Å². The summed E-state index contributed by atoms with van der Waals surface area (Å²) < 4.78 is 45.4. The molecular weight excluding hydrogens is 507 g/mol. The number of aryl methyl sites for hydroxylation is 1. The van der Waals surface area contributed by atoms with Crippen molar-refractivity contribution in [2.45, 2.75) is 24.7 Å². The van der Waals surface area contributed by atoms with E-state index in [0.717, 1.165) is 17.4 Å². The maximum atomic E-state index is 13.0. The van der Waals surface area contributed by atoms with Gasteiger partial charge in [0.2, 0.25) is 0 Å². The number of thioether (sulfide) groups is 1. The van der Waals surface area contributed by atoms with Crippen molar-refractivity contribution in [3.8, 4) is 5.75 Å². The first-order valence-electron chi connectivity index (χ1n) is 10.9. The monoisotopic (exact) mass is 532 g/mol. The molecule has 0 aliphatic rings. The molecule has 0 aliphatic heterocycles. The zero-order valence-corrected chi connectivity index (χ0v) is 21.1. The lowest BCUT2D eigenvalue weighted by atomic mass is 10.1. The van der Waals surface area contributed by atoms with Gasteiger partial charge in [-0.25, -0.2) is 9.18 Å². The quantitative estimate of drug-likeness (QED) is 0.269. The predicted molar refractivity (Wildman–Crippen MR) is 135 cm³/mol. The second-order valence-corrected chi connectivity index (χ2v) is 10.9. The third kappa shape index (κ3) is 9.01. The number of aliphatic carboxylic acids is 1. The molecule has 3 aromatic rings. The molecule has 0 heterocycles. The summed E-state index contributed by atoms with van der Waals surface area (Å²) in [6.07, 6.45) is 1.87. The van der Waals surface area contributed by atoms with Gasteiger partial charge in [-0.05, 0) is 71.7 Å². The van der Waals surface area contributed by atoms with E-state index in [1.165, 1.54) is 36.0 Å². The maximum absolute atomic E-state index is 13.0. The Morgan fingerprint density at radius 1 is 0.917 bits per heavy atom. The van der Waals surface area contributed by atoms with Crippen LogP contribution in [0.4, 0.5) is 4.39 Å². The highest BCUT2D eigenvalue weighted by Gasteiger charge is 2.19. The van der Waals surface area contributed by atoms with Gasteiger partial charge in [-0.1, -0.05) is 36.4 Å². The molecular formula is C26H25FO7S2. The van der Waals surface area contributed by atoms with Crippen LogP contribution < -0.4 is 4.18 Å². The molecule has 0 radical (unpaired) electrons. The number of carboxylic acid groups (broad SMARTS) is 1. The fourth-order valence-electron chi connectivity index (χ4n) is 3.23. The molecule has 0 fully saturated rings. The molecule has 0 amide bonds. The number of esters is 1. The smallest absolute Gasteiger partial charge is 0.338 e. The number of carbonyl (C=O) groups is 2. The number of hydrogen-bond donors (Lipinski definition) is 1. The lowest BCUT2D eigenvalue weighted by Gasteiger charge is -2.13. The molecule has 0 aromatic heterocycles. The van der Waals surface area contributed by atoms with E-state index in [-0.39, 0.29) is 18.2 Å². The van der Waals surface area contributed by atoms with Crippen molar-refractivity contribution in [3.05, 3.63) is 101 Å². The van der Waals surface area contributed by atoms with Crippen molar-refractivity contribution in [2.24, 2.45) is 0 Å². The van der Waals surface area contributed by atoms with Crippen LogP contribution in [0, 0.1) is 5.82 Å². The standard InChI is InChI=1S/C26H25FO7S2/c1-36(31,32)34-23-12-6-20(7-13-23)17-33-26(30)21-8-2-19(3-9-21)16-24(25(28)29)35-15-14-18-4-10-22(27)11-5-18/h2-13,24H,14-17H2,1H3,(H,28,29). The number of ether oxygens (including phenoxy) is 1. The number of hydrogen-bond acceptors (Lipinski definition) is 7. The van der Waals surface area contributed by atoms with Crippen LogP contribution in [0.25, 0.3) is 0 Å². The highest BCUT2D eigenvalue weighted by molar-refractivity contribution is 8.00. The second-order valence-electron chi connectivity index (χ2n) is 7.98. The van der Waals surface area contributed by atoms with Crippen molar-refractivity contribution in [1.29, 1.82) is 0 Å². The molecule has 190 valence electrons. The fraction of sp³-hybridized carbons (Fsp3) is 0.231. The SMILES string of the molecule is CS(=O)(=O)Oc1ccc(COC(=O)c2ccc(CC(SCCc3ccc(F)cc3)C(=O)O)cc2)cc1. The van der Waals surface area contributed by atoms with Gasteiger partial charge in [-0.2, -0.15) is 8.42 Å². The largest absolute Gasteiger partial charge is 0.480 e. The summed E-state index contributed by atoms with van der Waals surface area (Å²) >= 11 is 1.32. The van der Waals surface area contributed by atoms with Crippen LogP contribution in [-0.2, 0) is 39.1 Å². The van der Waals surface area contributed by atoms with Crippen LogP contribution in [0.2, 0.25) is 0 Å².